The molecule has 0 aliphatic heterocycles. The molecule has 8 heteroatoms. The summed E-state index contributed by atoms with van der Waals surface area (Å²) in [6.07, 6.45) is 0. The Labute approximate surface area is 189 Å². The average molecular weight is 462 g/mol. The van der Waals surface area contributed by atoms with Crippen LogP contribution < -0.4 is 15.4 Å². The topological polar surface area (TPSA) is 51.4 Å². The lowest BCUT2D eigenvalue weighted by Crippen LogP contribution is -2.29. The Morgan fingerprint density at radius 1 is 0.968 bits per heavy atom. The third-order valence-corrected chi connectivity index (χ3v) is 5.78. The van der Waals surface area contributed by atoms with Crippen LogP contribution in [-0.2, 0) is 13.2 Å². The third-order valence-electron chi connectivity index (χ3n) is 4.68. The second-order valence-corrected chi connectivity index (χ2v) is 7.82. The van der Waals surface area contributed by atoms with E-state index in [0.29, 0.717) is 30.9 Å². The molecule has 31 heavy (non-hydrogen) atoms. The van der Waals surface area contributed by atoms with Crippen LogP contribution >= 0.6 is 23.7 Å². The Morgan fingerprint density at radius 2 is 1.74 bits per heavy atom. The number of fused-ring (bicyclic) bond motifs is 1. The first-order valence-corrected chi connectivity index (χ1v) is 10.4. The highest BCUT2D eigenvalue weighted by Crippen LogP contribution is 2.31. The first-order chi connectivity index (χ1) is 14.6. The van der Waals surface area contributed by atoms with Gasteiger partial charge in [-0.05, 0) is 30.3 Å². The van der Waals surface area contributed by atoms with Crippen LogP contribution in [0.4, 0.5) is 13.9 Å². The number of anilines is 1. The highest BCUT2D eigenvalue weighted by Gasteiger charge is 2.15. The van der Waals surface area contributed by atoms with Gasteiger partial charge in [0.1, 0.15) is 24.0 Å². The van der Waals surface area contributed by atoms with E-state index in [1.54, 1.807) is 11.3 Å². The fourth-order valence-electron chi connectivity index (χ4n) is 3.17. The van der Waals surface area contributed by atoms with E-state index in [1.807, 2.05) is 48.5 Å². The molecule has 4 rings (SSSR count). The number of aromatic nitrogens is 1. The first-order valence-electron chi connectivity index (χ1n) is 9.59. The van der Waals surface area contributed by atoms with Gasteiger partial charge in [0.2, 0.25) is 0 Å². The Hall–Kier alpha value is -2.74. The van der Waals surface area contributed by atoms with Crippen molar-refractivity contribution in [2.45, 2.75) is 13.2 Å². The van der Waals surface area contributed by atoms with E-state index in [2.05, 4.69) is 4.90 Å². The zero-order valence-corrected chi connectivity index (χ0v) is 18.3. The number of para-hydroxylation sites is 2. The predicted molar refractivity (Wildman–Crippen MR) is 124 cm³/mol. The van der Waals surface area contributed by atoms with E-state index in [0.717, 1.165) is 27.0 Å². The minimum absolute atomic E-state index is 0. The van der Waals surface area contributed by atoms with Gasteiger partial charge < -0.3 is 15.4 Å². The maximum atomic E-state index is 13.9. The fraction of sp³-hybridized carbons (Fsp3) is 0.174. The Morgan fingerprint density at radius 3 is 2.52 bits per heavy atom. The number of benzene rings is 3. The molecule has 4 aromatic rings. The molecule has 0 radical (unpaired) electrons. The SMILES string of the molecule is Cl.NCCN(Cc1ccccc1OCc1ccc(F)cc1F)c1nc2ccccc2s1. The summed E-state index contributed by atoms with van der Waals surface area (Å²) in [5.74, 6) is -0.582. The molecule has 1 aromatic heterocycles. The number of rotatable bonds is 8. The van der Waals surface area contributed by atoms with Crippen molar-refractivity contribution in [3.63, 3.8) is 0 Å². The third kappa shape index (κ3) is 5.50. The molecule has 3 aromatic carbocycles. The molecule has 0 unspecified atom stereocenters. The first kappa shape index (κ1) is 22.9. The smallest absolute Gasteiger partial charge is 0.186 e. The van der Waals surface area contributed by atoms with Crippen molar-refractivity contribution in [3.8, 4) is 5.75 Å². The number of thiazole rings is 1. The summed E-state index contributed by atoms with van der Waals surface area (Å²) in [5.41, 5.74) is 8.04. The fourth-order valence-corrected chi connectivity index (χ4v) is 4.16. The van der Waals surface area contributed by atoms with Crippen LogP contribution in [0, 0.1) is 11.6 Å². The molecule has 0 saturated heterocycles. The molecule has 0 bridgehead atoms. The van der Waals surface area contributed by atoms with Crippen LogP contribution in [0.1, 0.15) is 11.1 Å². The van der Waals surface area contributed by atoms with Gasteiger partial charge in [0.15, 0.2) is 5.13 Å². The van der Waals surface area contributed by atoms with Gasteiger partial charge in [-0.25, -0.2) is 13.8 Å². The van der Waals surface area contributed by atoms with E-state index in [9.17, 15) is 8.78 Å². The molecule has 4 nitrogen and oxygen atoms in total. The van der Waals surface area contributed by atoms with Crippen LogP contribution in [0.2, 0.25) is 0 Å². The van der Waals surface area contributed by atoms with Gasteiger partial charge in [-0.1, -0.05) is 41.7 Å². The number of ether oxygens (including phenoxy) is 1. The van der Waals surface area contributed by atoms with E-state index in [-0.39, 0.29) is 19.0 Å². The number of nitrogens with two attached hydrogens (primary N) is 1. The number of hydrogen-bond acceptors (Lipinski definition) is 5. The Bertz CT molecular complexity index is 1120. The summed E-state index contributed by atoms with van der Waals surface area (Å²) in [5, 5.41) is 0.890. The predicted octanol–water partition coefficient (Wildman–Crippen LogP) is 5.54. The van der Waals surface area contributed by atoms with Crippen molar-refractivity contribution in [3.05, 3.63) is 89.5 Å². The largest absolute Gasteiger partial charge is 0.488 e. The lowest BCUT2D eigenvalue weighted by atomic mass is 10.2. The van der Waals surface area contributed by atoms with Gasteiger partial charge in [-0.2, -0.15) is 0 Å². The Kier molecular flexibility index (Phi) is 7.79. The number of hydrogen-bond donors (Lipinski definition) is 1. The molecule has 0 amide bonds. The molecule has 0 atom stereocenters. The average Bonchev–Trinajstić information content (AvgIpc) is 3.18. The van der Waals surface area contributed by atoms with E-state index < -0.39 is 11.6 Å². The van der Waals surface area contributed by atoms with Gasteiger partial charge in [0.05, 0.1) is 10.2 Å². The quantitative estimate of drug-likeness (QED) is 0.374. The highest BCUT2D eigenvalue weighted by molar-refractivity contribution is 7.22. The van der Waals surface area contributed by atoms with Crippen molar-refractivity contribution in [2.24, 2.45) is 5.73 Å². The summed E-state index contributed by atoms with van der Waals surface area (Å²) in [6.45, 7) is 1.70. The van der Waals surface area contributed by atoms with E-state index in [1.165, 1.54) is 12.1 Å². The second-order valence-electron chi connectivity index (χ2n) is 6.81. The van der Waals surface area contributed by atoms with Crippen molar-refractivity contribution in [2.75, 3.05) is 18.0 Å². The van der Waals surface area contributed by atoms with Gasteiger partial charge in [0.25, 0.3) is 0 Å². The molecule has 162 valence electrons. The molecule has 0 fully saturated rings. The summed E-state index contributed by atoms with van der Waals surface area (Å²) in [7, 11) is 0. The van der Waals surface area contributed by atoms with Crippen molar-refractivity contribution >= 4 is 39.1 Å². The van der Waals surface area contributed by atoms with Gasteiger partial charge in [-0.3, -0.25) is 0 Å². The van der Waals surface area contributed by atoms with Crippen LogP contribution in [0.3, 0.4) is 0 Å². The minimum atomic E-state index is -0.619. The van der Waals surface area contributed by atoms with Crippen LogP contribution in [0.25, 0.3) is 10.2 Å². The van der Waals surface area contributed by atoms with Gasteiger partial charge in [0, 0.05) is 36.8 Å². The monoisotopic (exact) mass is 461 g/mol. The van der Waals surface area contributed by atoms with Crippen molar-refractivity contribution in [1.82, 2.24) is 4.98 Å². The van der Waals surface area contributed by atoms with Gasteiger partial charge in [-0.15, -0.1) is 12.4 Å². The summed E-state index contributed by atoms with van der Waals surface area (Å²) in [6, 6.07) is 19.1. The summed E-state index contributed by atoms with van der Waals surface area (Å²) >= 11 is 1.62. The van der Waals surface area contributed by atoms with Crippen LogP contribution in [0.5, 0.6) is 5.75 Å². The second kappa shape index (κ2) is 10.5. The minimum Gasteiger partial charge on any atom is -0.488 e. The van der Waals surface area contributed by atoms with Crippen LogP contribution in [-0.4, -0.2) is 18.1 Å². The van der Waals surface area contributed by atoms with Crippen LogP contribution in [0.15, 0.2) is 66.7 Å². The summed E-state index contributed by atoms with van der Waals surface area (Å²) in [4.78, 5) is 6.85. The van der Waals surface area contributed by atoms with Crippen molar-refractivity contribution < 1.29 is 13.5 Å². The van der Waals surface area contributed by atoms with Gasteiger partial charge >= 0.3 is 0 Å². The maximum Gasteiger partial charge on any atom is 0.186 e. The number of halogens is 3. The molecular weight excluding hydrogens is 440 g/mol. The van der Waals surface area contributed by atoms with Crippen molar-refractivity contribution in [1.29, 1.82) is 0 Å². The maximum absolute atomic E-state index is 13.9. The molecule has 0 saturated carbocycles. The molecule has 1 heterocycles. The normalized spacial score (nSPS) is 10.7. The number of nitrogens with zero attached hydrogens (tertiary/aromatic N) is 2. The lowest BCUT2D eigenvalue weighted by molar-refractivity contribution is 0.296. The highest BCUT2D eigenvalue weighted by atomic mass is 35.5. The standard InChI is InChI=1S/C23H21F2N3OS.ClH/c24-18-10-9-17(19(25)13-18)15-29-21-7-3-1-5-16(21)14-28(12-11-26)23-27-20-6-2-4-8-22(20)30-23;/h1-10,13H,11-12,14-15,26H2;1H. The molecule has 0 aliphatic carbocycles. The summed E-state index contributed by atoms with van der Waals surface area (Å²) < 4.78 is 34.1. The van der Waals surface area contributed by atoms with E-state index in [4.69, 9.17) is 15.5 Å². The zero-order chi connectivity index (χ0) is 20.9. The molecule has 0 spiro atoms. The Balaban J connectivity index is 0.00000272. The zero-order valence-electron chi connectivity index (χ0n) is 16.6. The van der Waals surface area contributed by atoms with E-state index >= 15 is 0 Å². The lowest BCUT2D eigenvalue weighted by Gasteiger charge is -2.22. The molecular formula is C23H22ClF2N3OS. The molecule has 2 N–H and O–H groups in total. The molecule has 0 aliphatic rings.